The van der Waals surface area contributed by atoms with Crippen LogP contribution in [-0.2, 0) is 6.61 Å². The SMILES string of the molecule is CC(=O)c1c(O)cccc1OCc1ccc(Cl)c(Cl)c1. The summed E-state index contributed by atoms with van der Waals surface area (Å²) in [5, 5.41) is 10.6. The Morgan fingerprint density at radius 3 is 2.60 bits per heavy atom. The Kier molecular flexibility index (Phi) is 4.53. The van der Waals surface area contributed by atoms with Crippen molar-refractivity contribution in [2.45, 2.75) is 13.5 Å². The van der Waals surface area contributed by atoms with Gasteiger partial charge in [-0.3, -0.25) is 4.79 Å². The number of phenolic OH excluding ortho intramolecular Hbond substituents is 1. The lowest BCUT2D eigenvalue weighted by Gasteiger charge is -2.11. The van der Waals surface area contributed by atoms with E-state index in [-0.39, 0.29) is 23.7 Å². The van der Waals surface area contributed by atoms with Gasteiger partial charge >= 0.3 is 0 Å². The molecule has 0 unspecified atom stereocenters. The first kappa shape index (κ1) is 14.7. The number of Topliss-reactive ketones (excluding diaryl/α,β-unsaturated/α-hetero) is 1. The average molecular weight is 311 g/mol. The Morgan fingerprint density at radius 2 is 1.95 bits per heavy atom. The third kappa shape index (κ3) is 3.24. The molecule has 0 atom stereocenters. The Balaban J connectivity index is 2.21. The van der Waals surface area contributed by atoms with Crippen LogP contribution in [0, 0.1) is 0 Å². The number of hydrogen-bond donors (Lipinski definition) is 1. The number of aromatic hydroxyl groups is 1. The maximum atomic E-state index is 11.5. The smallest absolute Gasteiger partial charge is 0.167 e. The molecule has 2 rings (SSSR count). The predicted octanol–water partition coefficient (Wildman–Crippen LogP) is 4.48. The zero-order valence-electron chi connectivity index (χ0n) is 10.7. The van der Waals surface area contributed by atoms with Crippen LogP contribution in [0.1, 0.15) is 22.8 Å². The largest absolute Gasteiger partial charge is 0.507 e. The Morgan fingerprint density at radius 1 is 1.20 bits per heavy atom. The van der Waals surface area contributed by atoms with Gasteiger partial charge in [0.15, 0.2) is 5.78 Å². The standard InChI is InChI=1S/C15H12Cl2O3/c1-9(18)15-13(19)3-2-4-14(15)20-8-10-5-6-11(16)12(17)7-10/h2-7,19H,8H2,1H3. The van der Waals surface area contributed by atoms with Crippen LogP contribution in [0.15, 0.2) is 36.4 Å². The highest BCUT2D eigenvalue weighted by Crippen LogP contribution is 2.29. The predicted molar refractivity (Wildman–Crippen MR) is 78.9 cm³/mol. The molecule has 0 radical (unpaired) electrons. The van der Waals surface area contributed by atoms with Crippen molar-refractivity contribution in [1.29, 1.82) is 0 Å². The van der Waals surface area contributed by atoms with E-state index in [4.69, 9.17) is 27.9 Å². The van der Waals surface area contributed by atoms with Gasteiger partial charge in [-0.2, -0.15) is 0 Å². The summed E-state index contributed by atoms with van der Waals surface area (Å²) < 4.78 is 5.58. The van der Waals surface area contributed by atoms with Crippen molar-refractivity contribution in [3.8, 4) is 11.5 Å². The molecule has 0 fully saturated rings. The van der Waals surface area contributed by atoms with Crippen LogP contribution in [0.25, 0.3) is 0 Å². The summed E-state index contributed by atoms with van der Waals surface area (Å²) in [5.74, 6) is -0.0139. The molecular formula is C15H12Cl2O3. The minimum atomic E-state index is -0.257. The lowest BCUT2D eigenvalue weighted by molar-refractivity contribution is 0.101. The van der Waals surface area contributed by atoms with E-state index in [2.05, 4.69) is 0 Å². The van der Waals surface area contributed by atoms with Gasteiger partial charge in [-0.05, 0) is 36.8 Å². The summed E-state index contributed by atoms with van der Waals surface area (Å²) in [6.07, 6.45) is 0. The minimum absolute atomic E-state index is 0.0934. The molecule has 2 aromatic carbocycles. The summed E-state index contributed by atoms with van der Waals surface area (Å²) in [7, 11) is 0. The molecule has 0 aliphatic heterocycles. The van der Waals surface area contributed by atoms with Crippen molar-refractivity contribution in [2.24, 2.45) is 0 Å². The monoisotopic (exact) mass is 310 g/mol. The lowest BCUT2D eigenvalue weighted by atomic mass is 10.1. The van der Waals surface area contributed by atoms with Crippen molar-refractivity contribution >= 4 is 29.0 Å². The number of phenols is 1. The fraction of sp³-hybridized carbons (Fsp3) is 0.133. The molecule has 0 aliphatic rings. The minimum Gasteiger partial charge on any atom is -0.507 e. The normalized spacial score (nSPS) is 10.3. The van der Waals surface area contributed by atoms with Gasteiger partial charge in [0.2, 0.25) is 0 Å². The molecule has 0 heterocycles. The summed E-state index contributed by atoms with van der Waals surface area (Å²) >= 11 is 11.8. The van der Waals surface area contributed by atoms with Crippen LogP contribution in [0.3, 0.4) is 0 Å². The third-order valence-corrected chi connectivity index (χ3v) is 3.47. The van der Waals surface area contributed by atoms with E-state index in [9.17, 15) is 9.90 Å². The molecule has 0 bridgehead atoms. The van der Waals surface area contributed by atoms with Crippen molar-refractivity contribution < 1.29 is 14.6 Å². The van der Waals surface area contributed by atoms with Crippen molar-refractivity contribution in [3.05, 3.63) is 57.6 Å². The number of carbonyl (C=O) groups excluding carboxylic acids is 1. The fourth-order valence-corrected chi connectivity index (χ4v) is 2.10. The second kappa shape index (κ2) is 6.16. The molecule has 20 heavy (non-hydrogen) atoms. The van der Waals surface area contributed by atoms with Gasteiger partial charge in [0.25, 0.3) is 0 Å². The highest BCUT2D eigenvalue weighted by atomic mass is 35.5. The fourth-order valence-electron chi connectivity index (χ4n) is 1.78. The van der Waals surface area contributed by atoms with E-state index in [1.807, 2.05) is 0 Å². The van der Waals surface area contributed by atoms with Crippen LogP contribution in [-0.4, -0.2) is 10.9 Å². The second-order valence-corrected chi connectivity index (χ2v) is 5.06. The zero-order chi connectivity index (χ0) is 14.7. The highest BCUT2D eigenvalue weighted by Gasteiger charge is 2.13. The second-order valence-electron chi connectivity index (χ2n) is 4.24. The van der Waals surface area contributed by atoms with Gasteiger partial charge in [-0.1, -0.05) is 35.3 Å². The van der Waals surface area contributed by atoms with E-state index >= 15 is 0 Å². The third-order valence-electron chi connectivity index (χ3n) is 2.73. The summed E-state index contributed by atoms with van der Waals surface area (Å²) in [5.41, 5.74) is 0.991. The molecule has 0 spiro atoms. The molecule has 0 amide bonds. The van der Waals surface area contributed by atoms with E-state index in [1.165, 1.54) is 13.0 Å². The number of ketones is 1. The van der Waals surface area contributed by atoms with Gasteiger partial charge in [0, 0.05) is 0 Å². The van der Waals surface area contributed by atoms with Crippen LogP contribution in [0.2, 0.25) is 10.0 Å². The molecule has 0 aliphatic carbocycles. The first-order chi connectivity index (χ1) is 9.49. The van der Waals surface area contributed by atoms with Crippen LogP contribution < -0.4 is 4.74 Å². The summed E-state index contributed by atoms with van der Waals surface area (Å²) in [6.45, 7) is 1.60. The number of carbonyl (C=O) groups is 1. The van der Waals surface area contributed by atoms with Gasteiger partial charge in [0.05, 0.1) is 10.0 Å². The number of hydrogen-bond acceptors (Lipinski definition) is 3. The zero-order valence-corrected chi connectivity index (χ0v) is 12.2. The number of rotatable bonds is 4. The van der Waals surface area contributed by atoms with E-state index < -0.39 is 0 Å². The molecule has 0 aromatic heterocycles. The topological polar surface area (TPSA) is 46.5 Å². The van der Waals surface area contributed by atoms with Crippen molar-refractivity contribution in [1.82, 2.24) is 0 Å². The lowest BCUT2D eigenvalue weighted by Crippen LogP contribution is -2.02. The van der Waals surface area contributed by atoms with Crippen LogP contribution in [0.4, 0.5) is 0 Å². The van der Waals surface area contributed by atoms with Gasteiger partial charge in [0.1, 0.15) is 23.7 Å². The van der Waals surface area contributed by atoms with E-state index in [0.717, 1.165) is 5.56 Å². The van der Waals surface area contributed by atoms with Gasteiger partial charge in [-0.25, -0.2) is 0 Å². The Bertz CT molecular complexity index is 654. The molecule has 104 valence electrons. The van der Waals surface area contributed by atoms with Gasteiger partial charge in [-0.15, -0.1) is 0 Å². The maximum Gasteiger partial charge on any atom is 0.167 e. The van der Waals surface area contributed by atoms with Crippen molar-refractivity contribution in [3.63, 3.8) is 0 Å². The molecule has 2 aromatic rings. The van der Waals surface area contributed by atoms with Crippen LogP contribution >= 0.6 is 23.2 Å². The molecular weight excluding hydrogens is 299 g/mol. The molecule has 3 nitrogen and oxygen atoms in total. The molecule has 5 heteroatoms. The Hall–Kier alpha value is -1.71. The van der Waals surface area contributed by atoms with Crippen LogP contribution in [0.5, 0.6) is 11.5 Å². The first-order valence-corrected chi connectivity index (χ1v) is 6.64. The number of benzene rings is 2. The van der Waals surface area contributed by atoms with E-state index in [1.54, 1.807) is 30.3 Å². The van der Waals surface area contributed by atoms with Gasteiger partial charge < -0.3 is 9.84 Å². The first-order valence-electron chi connectivity index (χ1n) is 5.88. The summed E-state index contributed by atoms with van der Waals surface area (Å²) in [6, 6.07) is 9.85. The van der Waals surface area contributed by atoms with Crippen molar-refractivity contribution in [2.75, 3.05) is 0 Å². The molecule has 0 saturated heterocycles. The maximum absolute atomic E-state index is 11.5. The number of halogens is 2. The molecule has 1 N–H and O–H groups in total. The van der Waals surface area contributed by atoms with E-state index in [0.29, 0.717) is 15.8 Å². The number of ether oxygens (including phenoxy) is 1. The Labute approximate surface area is 126 Å². The molecule has 0 saturated carbocycles. The average Bonchev–Trinajstić information content (AvgIpc) is 2.39. The highest BCUT2D eigenvalue weighted by molar-refractivity contribution is 6.42. The quantitative estimate of drug-likeness (QED) is 0.847. The summed E-state index contributed by atoms with van der Waals surface area (Å²) in [4.78, 5) is 11.5.